The van der Waals surface area contributed by atoms with Gasteiger partial charge in [0.1, 0.15) is 5.52 Å². The number of esters is 1. The fraction of sp³-hybridized carbons (Fsp3) is 0.286. The van der Waals surface area contributed by atoms with E-state index in [4.69, 9.17) is 4.74 Å². The van der Waals surface area contributed by atoms with Gasteiger partial charge in [-0.3, -0.25) is 9.59 Å². The van der Waals surface area contributed by atoms with Gasteiger partial charge in [-0.05, 0) is 55.8 Å². The number of hydrogen-bond donors (Lipinski definition) is 0. The SMILES string of the molecule is CCn1nnc2cc(C(=O)OCC(=O)c3ccc(N4CCCC4=O)cc3)ccc21. The molecule has 1 saturated heterocycles. The van der Waals surface area contributed by atoms with Gasteiger partial charge in [0.25, 0.3) is 0 Å². The lowest BCUT2D eigenvalue weighted by Crippen LogP contribution is -2.23. The van der Waals surface area contributed by atoms with Crippen molar-refractivity contribution in [3.8, 4) is 0 Å². The zero-order valence-electron chi connectivity index (χ0n) is 16.0. The predicted octanol–water partition coefficient (Wildman–Crippen LogP) is 2.62. The van der Waals surface area contributed by atoms with Crippen molar-refractivity contribution in [2.75, 3.05) is 18.1 Å². The molecule has 3 aromatic rings. The number of amides is 1. The van der Waals surface area contributed by atoms with Crippen molar-refractivity contribution in [1.82, 2.24) is 15.0 Å². The van der Waals surface area contributed by atoms with E-state index in [-0.39, 0.29) is 18.3 Å². The molecule has 8 nitrogen and oxygen atoms in total. The van der Waals surface area contributed by atoms with Gasteiger partial charge in [-0.25, -0.2) is 9.48 Å². The van der Waals surface area contributed by atoms with Crippen LogP contribution in [0.1, 0.15) is 40.5 Å². The average molecular weight is 392 g/mol. The lowest BCUT2D eigenvalue weighted by molar-refractivity contribution is -0.117. The average Bonchev–Trinajstić information content (AvgIpc) is 3.37. The molecule has 0 unspecified atom stereocenters. The van der Waals surface area contributed by atoms with Crippen LogP contribution in [-0.2, 0) is 16.1 Å². The zero-order valence-corrected chi connectivity index (χ0v) is 16.0. The first-order valence-electron chi connectivity index (χ1n) is 9.51. The zero-order chi connectivity index (χ0) is 20.4. The van der Waals surface area contributed by atoms with Gasteiger partial charge in [0.15, 0.2) is 12.4 Å². The van der Waals surface area contributed by atoms with E-state index in [1.807, 2.05) is 6.92 Å². The predicted molar refractivity (Wildman–Crippen MR) is 106 cm³/mol. The number of ether oxygens (including phenoxy) is 1. The molecule has 0 saturated carbocycles. The molecule has 0 spiro atoms. The van der Waals surface area contributed by atoms with Crippen LogP contribution in [0.2, 0.25) is 0 Å². The fourth-order valence-corrected chi connectivity index (χ4v) is 3.38. The molecule has 1 aromatic heterocycles. The van der Waals surface area contributed by atoms with Crippen LogP contribution in [0.5, 0.6) is 0 Å². The number of carbonyl (C=O) groups is 3. The molecule has 2 aromatic carbocycles. The van der Waals surface area contributed by atoms with Gasteiger partial charge in [-0.1, -0.05) is 5.21 Å². The van der Waals surface area contributed by atoms with Gasteiger partial charge in [0, 0.05) is 30.8 Å². The molecular weight excluding hydrogens is 372 g/mol. The molecule has 0 radical (unpaired) electrons. The molecule has 1 amide bonds. The second-order valence-corrected chi connectivity index (χ2v) is 6.80. The summed E-state index contributed by atoms with van der Waals surface area (Å²) in [6.07, 6.45) is 1.40. The summed E-state index contributed by atoms with van der Waals surface area (Å²) < 4.78 is 6.89. The Labute approximate surface area is 167 Å². The highest BCUT2D eigenvalue weighted by Crippen LogP contribution is 2.22. The van der Waals surface area contributed by atoms with E-state index in [1.165, 1.54) is 0 Å². The number of anilines is 1. The summed E-state index contributed by atoms with van der Waals surface area (Å²) in [4.78, 5) is 38.1. The number of fused-ring (bicyclic) bond motifs is 1. The second kappa shape index (κ2) is 7.83. The summed E-state index contributed by atoms with van der Waals surface area (Å²) in [5, 5.41) is 8.04. The molecule has 4 rings (SSSR count). The van der Waals surface area contributed by atoms with Gasteiger partial charge < -0.3 is 9.64 Å². The van der Waals surface area contributed by atoms with Crippen molar-refractivity contribution in [2.24, 2.45) is 0 Å². The van der Waals surface area contributed by atoms with Crippen LogP contribution in [0.15, 0.2) is 42.5 Å². The highest BCUT2D eigenvalue weighted by molar-refractivity contribution is 6.01. The quantitative estimate of drug-likeness (QED) is 0.473. The molecule has 1 aliphatic heterocycles. The minimum Gasteiger partial charge on any atom is -0.454 e. The van der Waals surface area contributed by atoms with Gasteiger partial charge >= 0.3 is 5.97 Å². The van der Waals surface area contributed by atoms with Crippen molar-refractivity contribution in [1.29, 1.82) is 0 Å². The maximum absolute atomic E-state index is 12.3. The minimum atomic E-state index is -0.592. The van der Waals surface area contributed by atoms with Crippen molar-refractivity contribution in [2.45, 2.75) is 26.3 Å². The summed E-state index contributed by atoms with van der Waals surface area (Å²) in [7, 11) is 0. The Balaban J connectivity index is 1.38. The third-order valence-electron chi connectivity index (χ3n) is 4.96. The molecule has 0 aliphatic carbocycles. The Hall–Kier alpha value is -3.55. The molecular formula is C21H20N4O4. The van der Waals surface area contributed by atoms with Gasteiger partial charge in [-0.15, -0.1) is 5.10 Å². The van der Waals surface area contributed by atoms with E-state index in [2.05, 4.69) is 10.3 Å². The van der Waals surface area contributed by atoms with Crippen molar-refractivity contribution in [3.63, 3.8) is 0 Å². The number of nitrogens with zero attached hydrogens (tertiary/aromatic N) is 4. The van der Waals surface area contributed by atoms with E-state index >= 15 is 0 Å². The molecule has 1 aliphatic rings. The first-order valence-corrected chi connectivity index (χ1v) is 9.51. The molecule has 29 heavy (non-hydrogen) atoms. The van der Waals surface area contributed by atoms with Gasteiger partial charge in [-0.2, -0.15) is 0 Å². The topological polar surface area (TPSA) is 94.4 Å². The number of Topliss-reactive ketones (excluding diaryl/α,β-unsaturated/α-hetero) is 1. The fourth-order valence-electron chi connectivity index (χ4n) is 3.38. The van der Waals surface area contributed by atoms with Crippen LogP contribution in [0, 0.1) is 0 Å². The smallest absolute Gasteiger partial charge is 0.338 e. The van der Waals surface area contributed by atoms with Crippen LogP contribution in [0.25, 0.3) is 11.0 Å². The lowest BCUT2D eigenvalue weighted by Gasteiger charge is -2.15. The number of ketones is 1. The minimum absolute atomic E-state index is 0.0916. The largest absolute Gasteiger partial charge is 0.454 e. The number of carbonyl (C=O) groups excluding carboxylic acids is 3. The van der Waals surface area contributed by atoms with Crippen LogP contribution in [-0.4, -0.2) is 45.8 Å². The summed E-state index contributed by atoms with van der Waals surface area (Å²) in [5.41, 5.74) is 2.94. The Kier molecular flexibility index (Phi) is 5.07. The second-order valence-electron chi connectivity index (χ2n) is 6.80. The van der Waals surface area contributed by atoms with Crippen LogP contribution in [0.4, 0.5) is 5.69 Å². The third-order valence-corrected chi connectivity index (χ3v) is 4.96. The number of hydrogen-bond acceptors (Lipinski definition) is 6. The summed E-state index contributed by atoms with van der Waals surface area (Å²) in [6, 6.07) is 11.8. The van der Waals surface area contributed by atoms with E-state index < -0.39 is 5.97 Å². The summed E-state index contributed by atoms with van der Waals surface area (Å²) in [6.45, 7) is 2.97. The highest BCUT2D eigenvalue weighted by atomic mass is 16.5. The molecule has 0 bridgehead atoms. The van der Waals surface area contributed by atoms with Crippen LogP contribution >= 0.6 is 0 Å². The normalized spacial score (nSPS) is 13.8. The van der Waals surface area contributed by atoms with E-state index in [9.17, 15) is 14.4 Å². The maximum atomic E-state index is 12.3. The third kappa shape index (κ3) is 3.73. The summed E-state index contributed by atoms with van der Waals surface area (Å²) >= 11 is 0. The van der Waals surface area contributed by atoms with Crippen molar-refractivity contribution in [3.05, 3.63) is 53.6 Å². The molecule has 1 fully saturated rings. The Bertz CT molecular complexity index is 1090. The number of rotatable bonds is 6. The van der Waals surface area contributed by atoms with Crippen LogP contribution in [0.3, 0.4) is 0 Å². The first-order chi connectivity index (χ1) is 14.1. The van der Waals surface area contributed by atoms with Crippen molar-refractivity contribution >= 4 is 34.4 Å². The molecule has 0 atom stereocenters. The number of aromatic nitrogens is 3. The molecule has 2 heterocycles. The number of benzene rings is 2. The van der Waals surface area contributed by atoms with Gasteiger partial charge in [0.05, 0.1) is 11.1 Å². The standard InChI is InChI=1S/C21H20N4O4/c1-2-25-18-10-7-15(12-17(18)22-23-25)21(28)29-13-19(26)14-5-8-16(9-6-14)24-11-3-4-20(24)27/h5-10,12H,2-4,11,13H2,1H3. The van der Waals surface area contributed by atoms with Crippen LogP contribution < -0.4 is 4.90 Å². The lowest BCUT2D eigenvalue weighted by atomic mass is 10.1. The first kappa shape index (κ1) is 18.8. The number of aryl methyl sites for hydroxylation is 1. The Morgan fingerprint density at radius 2 is 1.86 bits per heavy atom. The Morgan fingerprint density at radius 1 is 1.10 bits per heavy atom. The van der Waals surface area contributed by atoms with Gasteiger partial charge in [0.2, 0.25) is 5.91 Å². The van der Waals surface area contributed by atoms with E-state index in [1.54, 1.807) is 52.0 Å². The molecule has 0 N–H and O–H groups in total. The molecule has 8 heteroatoms. The van der Waals surface area contributed by atoms with E-state index in [0.29, 0.717) is 36.2 Å². The highest BCUT2D eigenvalue weighted by Gasteiger charge is 2.22. The Morgan fingerprint density at radius 3 is 2.55 bits per heavy atom. The maximum Gasteiger partial charge on any atom is 0.338 e. The van der Waals surface area contributed by atoms with Crippen molar-refractivity contribution < 1.29 is 19.1 Å². The molecule has 148 valence electrons. The van der Waals surface area contributed by atoms with E-state index in [0.717, 1.165) is 17.6 Å². The monoisotopic (exact) mass is 392 g/mol. The summed E-state index contributed by atoms with van der Waals surface area (Å²) in [5.74, 6) is -0.810.